The van der Waals surface area contributed by atoms with Gasteiger partial charge in [-0.3, -0.25) is 19.1 Å². The highest BCUT2D eigenvalue weighted by Crippen LogP contribution is 2.26. The maximum atomic E-state index is 12.2. The Kier molecular flexibility index (Phi) is 7.03. The number of carbonyl (C=O) groups excluding carboxylic acids is 1. The smallest absolute Gasteiger partial charge is 0.318 e. The van der Waals surface area contributed by atoms with Crippen molar-refractivity contribution in [1.29, 1.82) is 0 Å². The zero-order valence-corrected chi connectivity index (χ0v) is 15.2. The highest BCUT2D eigenvalue weighted by molar-refractivity contribution is 7.90. The molecule has 1 aromatic rings. The van der Waals surface area contributed by atoms with E-state index in [1.165, 1.54) is 0 Å². The van der Waals surface area contributed by atoms with E-state index in [1.54, 1.807) is 0 Å². The molecule has 0 heterocycles. The van der Waals surface area contributed by atoms with Crippen molar-refractivity contribution in [2.24, 2.45) is 5.92 Å². The van der Waals surface area contributed by atoms with Crippen LogP contribution in [0, 0.1) is 16.0 Å². The van der Waals surface area contributed by atoms with Gasteiger partial charge in [0.05, 0.1) is 27.2 Å². The summed E-state index contributed by atoms with van der Waals surface area (Å²) in [5, 5.41) is 11.1. The molecule has 0 saturated heterocycles. The highest BCUT2D eigenvalue weighted by atomic mass is 32.2. The fourth-order valence-electron chi connectivity index (χ4n) is 1.70. The lowest BCUT2D eigenvalue weighted by molar-refractivity contribution is -0.388. The minimum atomic E-state index is -3.64. The van der Waals surface area contributed by atoms with Crippen molar-refractivity contribution in [2.45, 2.75) is 30.1 Å². The molecular weight excluding hydrogens is 358 g/mol. The van der Waals surface area contributed by atoms with Crippen LogP contribution in [0.25, 0.3) is 0 Å². The molecule has 1 aromatic carbocycles. The molecule has 0 fully saturated rings. The maximum absolute atomic E-state index is 12.2. The van der Waals surface area contributed by atoms with E-state index in [0.717, 1.165) is 24.5 Å². The Labute approximate surface area is 142 Å². The molecule has 0 spiro atoms. The van der Waals surface area contributed by atoms with Gasteiger partial charge in [0, 0.05) is 12.3 Å². The van der Waals surface area contributed by atoms with Crippen molar-refractivity contribution in [3.63, 3.8) is 0 Å². The largest absolute Gasteiger partial charge is 0.465 e. The van der Waals surface area contributed by atoms with Crippen LogP contribution in [0.5, 0.6) is 0 Å². The Morgan fingerprint density at radius 2 is 2.00 bits per heavy atom. The first-order chi connectivity index (χ1) is 11.0. The number of ether oxygens (including phenoxy) is 1. The number of nitro benzene ring substituents is 1. The van der Waals surface area contributed by atoms with Gasteiger partial charge in [-0.2, -0.15) is 0 Å². The van der Waals surface area contributed by atoms with Crippen molar-refractivity contribution in [1.82, 2.24) is 0 Å². The molecule has 1 unspecified atom stereocenters. The second kappa shape index (κ2) is 8.34. The normalized spacial score (nSPS) is 12.8. The van der Waals surface area contributed by atoms with Crippen LogP contribution in [-0.2, 0) is 30.2 Å². The first-order valence-corrected chi connectivity index (χ1v) is 10.3. The van der Waals surface area contributed by atoms with Gasteiger partial charge >= 0.3 is 5.97 Å². The SMILES string of the molecule is CC(C)CCOC(=O)CS(=O)c1ccc(S(C)(=O)=O)cc1[N+](=O)[O-]. The van der Waals surface area contributed by atoms with Crippen LogP contribution in [0.4, 0.5) is 5.69 Å². The van der Waals surface area contributed by atoms with Crippen molar-refractivity contribution >= 4 is 32.3 Å². The minimum Gasteiger partial charge on any atom is -0.465 e. The Morgan fingerprint density at radius 3 is 2.50 bits per heavy atom. The van der Waals surface area contributed by atoms with Crippen LogP contribution in [-0.4, -0.2) is 42.1 Å². The van der Waals surface area contributed by atoms with Gasteiger partial charge in [0.25, 0.3) is 5.69 Å². The van der Waals surface area contributed by atoms with Crippen molar-refractivity contribution in [3.05, 3.63) is 28.3 Å². The summed E-state index contributed by atoms with van der Waals surface area (Å²) >= 11 is 0. The summed E-state index contributed by atoms with van der Waals surface area (Å²) in [7, 11) is -5.65. The molecule has 0 bridgehead atoms. The monoisotopic (exact) mass is 377 g/mol. The summed E-state index contributed by atoms with van der Waals surface area (Å²) in [6.45, 7) is 4.10. The molecule has 0 aromatic heterocycles. The van der Waals surface area contributed by atoms with Crippen LogP contribution in [0.15, 0.2) is 28.0 Å². The number of benzene rings is 1. The van der Waals surface area contributed by atoms with Gasteiger partial charge in [-0.1, -0.05) is 13.8 Å². The van der Waals surface area contributed by atoms with Crippen molar-refractivity contribution in [2.75, 3.05) is 18.6 Å². The summed E-state index contributed by atoms with van der Waals surface area (Å²) in [5.74, 6) is -0.916. The van der Waals surface area contributed by atoms with E-state index in [4.69, 9.17) is 4.74 Å². The van der Waals surface area contributed by atoms with E-state index in [2.05, 4.69) is 0 Å². The van der Waals surface area contributed by atoms with Crippen LogP contribution in [0.3, 0.4) is 0 Å². The van der Waals surface area contributed by atoms with Gasteiger partial charge in [-0.25, -0.2) is 8.42 Å². The first-order valence-electron chi connectivity index (χ1n) is 7.05. The lowest BCUT2D eigenvalue weighted by atomic mass is 10.1. The zero-order chi connectivity index (χ0) is 18.5. The molecule has 0 radical (unpaired) electrons. The van der Waals surface area contributed by atoms with Gasteiger partial charge in [-0.05, 0) is 24.5 Å². The Balaban J connectivity index is 2.94. The number of esters is 1. The number of nitro groups is 1. The Bertz CT molecular complexity index is 756. The fraction of sp³-hybridized carbons (Fsp3) is 0.500. The predicted molar refractivity (Wildman–Crippen MR) is 87.9 cm³/mol. The van der Waals surface area contributed by atoms with Gasteiger partial charge in [0.1, 0.15) is 10.6 Å². The highest BCUT2D eigenvalue weighted by Gasteiger charge is 2.24. The minimum absolute atomic E-state index is 0.183. The topological polar surface area (TPSA) is 121 Å². The second-order valence-electron chi connectivity index (χ2n) is 5.55. The number of nitrogens with zero attached hydrogens (tertiary/aromatic N) is 1. The van der Waals surface area contributed by atoms with Gasteiger partial charge in [0.15, 0.2) is 9.84 Å². The molecule has 8 nitrogen and oxygen atoms in total. The fourth-order valence-corrected chi connectivity index (χ4v) is 3.38. The molecule has 0 aliphatic heterocycles. The number of sulfone groups is 1. The Hall–Kier alpha value is -1.81. The molecule has 24 heavy (non-hydrogen) atoms. The maximum Gasteiger partial charge on any atom is 0.318 e. The molecule has 0 N–H and O–H groups in total. The molecular formula is C14H19NO7S2. The lowest BCUT2D eigenvalue weighted by Gasteiger charge is -2.07. The molecule has 0 saturated carbocycles. The molecule has 0 aliphatic carbocycles. The van der Waals surface area contributed by atoms with Gasteiger partial charge in [0.2, 0.25) is 0 Å². The predicted octanol–water partition coefficient (Wildman–Crippen LogP) is 1.70. The van der Waals surface area contributed by atoms with E-state index >= 15 is 0 Å². The van der Waals surface area contributed by atoms with Crippen molar-refractivity contribution in [3.8, 4) is 0 Å². The van der Waals surface area contributed by atoms with E-state index in [1.807, 2.05) is 13.8 Å². The summed E-state index contributed by atoms with van der Waals surface area (Å²) in [6, 6.07) is 3.05. The summed E-state index contributed by atoms with van der Waals surface area (Å²) in [6.07, 6.45) is 1.57. The third-order valence-electron chi connectivity index (χ3n) is 3.01. The van der Waals surface area contributed by atoms with E-state index in [9.17, 15) is 27.5 Å². The van der Waals surface area contributed by atoms with Crippen LogP contribution in [0.2, 0.25) is 0 Å². The van der Waals surface area contributed by atoms with E-state index in [-0.39, 0.29) is 16.4 Å². The third kappa shape index (κ3) is 6.00. The van der Waals surface area contributed by atoms with Crippen LogP contribution in [0.1, 0.15) is 20.3 Å². The van der Waals surface area contributed by atoms with Gasteiger partial charge in [-0.15, -0.1) is 0 Å². The average molecular weight is 377 g/mol. The zero-order valence-electron chi connectivity index (χ0n) is 13.6. The summed E-state index contributed by atoms with van der Waals surface area (Å²) in [4.78, 5) is 21.4. The Morgan fingerprint density at radius 1 is 1.38 bits per heavy atom. The molecule has 1 atom stereocenters. The third-order valence-corrected chi connectivity index (χ3v) is 5.45. The summed E-state index contributed by atoms with van der Waals surface area (Å²) < 4.78 is 40.1. The molecule has 0 aliphatic rings. The van der Waals surface area contributed by atoms with Crippen molar-refractivity contribution < 1.29 is 27.1 Å². The lowest BCUT2D eigenvalue weighted by Crippen LogP contribution is -2.16. The van der Waals surface area contributed by atoms with Crippen LogP contribution < -0.4 is 0 Å². The van der Waals surface area contributed by atoms with E-state index in [0.29, 0.717) is 12.3 Å². The average Bonchev–Trinajstić information content (AvgIpc) is 2.45. The van der Waals surface area contributed by atoms with Gasteiger partial charge < -0.3 is 4.74 Å². The van der Waals surface area contributed by atoms with E-state index < -0.39 is 43.0 Å². The molecule has 0 amide bonds. The number of hydrogen-bond donors (Lipinski definition) is 0. The number of hydrogen-bond acceptors (Lipinski definition) is 7. The molecule has 1 rings (SSSR count). The quantitative estimate of drug-likeness (QED) is 0.384. The number of rotatable bonds is 8. The molecule has 134 valence electrons. The molecule has 10 heteroatoms. The number of carbonyl (C=O) groups is 1. The first kappa shape index (κ1) is 20.2. The standard InChI is InChI=1S/C14H19NO7S2/c1-10(2)6-7-22-14(16)9-23(19)13-5-4-11(24(3,20)21)8-12(13)15(17)18/h4-5,8,10H,6-7,9H2,1-3H3. The summed E-state index contributed by atoms with van der Waals surface area (Å²) in [5.41, 5.74) is -0.605. The second-order valence-corrected chi connectivity index (χ2v) is 8.99. The van der Waals surface area contributed by atoms with Crippen LogP contribution >= 0.6 is 0 Å².